The van der Waals surface area contributed by atoms with Crippen molar-refractivity contribution in [3.63, 3.8) is 0 Å². The molecule has 8 heteroatoms. The van der Waals surface area contributed by atoms with Crippen LogP contribution in [0, 0.1) is 10.8 Å². The Hall–Kier alpha value is -2.12. The van der Waals surface area contributed by atoms with Crippen LogP contribution in [0.4, 0.5) is 0 Å². The first-order chi connectivity index (χ1) is 15.0. The second-order valence-electron chi connectivity index (χ2n) is 9.18. The molecule has 2 heterocycles. The molecule has 6 nitrogen and oxygen atoms in total. The molecule has 2 saturated heterocycles. The van der Waals surface area contributed by atoms with Gasteiger partial charge in [0.1, 0.15) is 0 Å². The van der Waals surface area contributed by atoms with Crippen LogP contribution in [0.15, 0.2) is 48.5 Å². The Balaban J connectivity index is 0.000000181. The summed E-state index contributed by atoms with van der Waals surface area (Å²) in [5.41, 5.74) is 0.938. The van der Waals surface area contributed by atoms with E-state index in [0.29, 0.717) is 36.3 Å². The summed E-state index contributed by atoms with van der Waals surface area (Å²) in [5, 5.41) is 4.09. The van der Waals surface area contributed by atoms with Crippen molar-refractivity contribution in [2.75, 3.05) is 13.2 Å². The number of rotatable bonds is 4. The minimum absolute atomic E-state index is 0.00687. The average Bonchev–Trinajstić information content (AvgIpc) is 3.15. The van der Waals surface area contributed by atoms with E-state index < -0.39 is 10.8 Å². The average molecular weight is 479 g/mol. The van der Waals surface area contributed by atoms with Gasteiger partial charge in [0, 0.05) is 10.0 Å². The van der Waals surface area contributed by atoms with Crippen LogP contribution in [0.2, 0.25) is 10.0 Å². The molecule has 0 aliphatic carbocycles. The minimum Gasteiger partial charge on any atom is -0.272 e. The first kappa shape index (κ1) is 24.5. The standard InChI is InChI=1S/2C12H14ClNO2/c2*1-12(2)8-16-14(11(12)15)7-9-5-3-4-6-10(9)13/h2*3-6H,7-8H2,1-2H3. The lowest BCUT2D eigenvalue weighted by molar-refractivity contribution is -0.165. The van der Waals surface area contributed by atoms with Crippen molar-refractivity contribution in [1.82, 2.24) is 10.1 Å². The van der Waals surface area contributed by atoms with Crippen molar-refractivity contribution < 1.29 is 19.3 Å². The molecule has 4 rings (SSSR count). The highest BCUT2D eigenvalue weighted by atomic mass is 35.5. The second-order valence-corrected chi connectivity index (χ2v) is 10.00. The summed E-state index contributed by atoms with van der Waals surface area (Å²) in [6.45, 7) is 9.17. The molecule has 32 heavy (non-hydrogen) atoms. The summed E-state index contributed by atoms with van der Waals surface area (Å²) in [4.78, 5) is 34.5. The van der Waals surface area contributed by atoms with E-state index in [1.54, 1.807) is 0 Å². The molecule has 2 fully saturated rings. The number of amides is 2. The van der Waals surface area contributed by atoms with E-state index in [0.717, 1.165) is 11.1 Å². The van der Waals surface area contributed by atoms with Crippen molar-refractivity contribution in [3.8, 4) is 0 Å². The van der Waals surface area contributed by atoms with Crippen LogP contribution in [0.5, 0.6) is 0 Å². The van der Waals surface area contributed by atoms with Crippen LogP contribution < -0.4 is 0 Å². The van der Waals surface area contributed by atoms with E-state index in [4.69, 9.17) is 32.9 Å². The zero-order valence-electron chi connectivity index (χ0n) is 18.7. The normalized spacial score (nSPS) is 19.2. The molecule has 2 aliphatic rings. The van der Waals surface area contributed by atoms with Crippen molar-refractivity contribution >= 4 is 35.0 Å². The predicted octanol–water partition coefficient (Wildman–Crippen LogP) is 5.28. The summed E-state index contributed by atoms with van der Waals surface area (Å²) in [6, 6.07) is 14.9. The molecule has 0 spiro atoms. The molecule has 0 bridgehead atoms. The first-order valence-electron chi connectivity index (χ1n) is 10.4. The van der Waals surface area contributed by atoms with E-state index in [2.05, 4.69) is 0 Å². The Morgan fingerprint density at radius 1 is 0.719 bits per heavy atom. The zero-order valence-corrected chi connectivity index (χ0v) is 20.2. The monoisotopic (exact) mass is 478 g/mol. The van der Waals surface area contributed by atoms with Gasteiger partial charge in [-0.25, -0.2) is 10.1 Å². The molecular formula is C24H28Cl2N2O4. The van der Waals surface area contributed by atoms with E-state index in [9.17, 15) is 9.59 Å². The minimum atomic E-state index is -0.429. The van der Waals surface area contributed by atoms with Gasteiger partial charge in [-0.3, -0.25) is 19.3 Å². The lowest BCUT2D eigenvalue weighted by Crippen LogP contribution is -2.30. The molecule has 0 aromatic heterocycles. The second kappa shape index (κ2) is 9.79. The Bertz CT molecular complexity index is 914. The van der Waals surface area contributed by atoms with Gasteiger partial charge in [0.15, 0.2) is 0 Å². The fourth-order valence-corrected chi connectivity index (χ4v) is 3.58. The van der Waals surface area contributed by atoms with Crippen LogP contribution in [0.3, 0.4) is 0 Å². The first-order valence-corrected chi connectivity index (χ1v) is 11.1. The molecule has 2 aromatic carbocycles. The maximum Gasteiger partial charge on any atom is 0.254 e. The van der Waals surface area contributed by atoms with Gasteiger partial charge >= 0.3 is 0 Å². The van der Waals surface area contributed by atoms with Crippen LogP contribution in [-0.4, -0.2) is 35.2 Å². The fraction of sp³-hybridized carbons (Fsp3) is 0.417. The summed E-state index contributed by atoms with van der Waals surface area (Å²) in [5.74, 6) is 0.0137. The highest BCUT2D eigenvalue weighted by Gasteiger charge is 2.41. The molecule has 0 saturated carbocycles. The summed E-state index contributed by atoms with van der Waals surface area (Å²) >= 11 is 12.1. The maximum absolute atomic E-state index is 11.9. The van der Waals surface area contributed by atoms with Crippen LogP contribution in [-0.2, 0) is 32.4 Å². The third-order valence-corrected chi connectivity index (χ3v) is 6.05. The summed E-state index contributed by atoms with van der Waals surface area (Å²) in [7, 11) is 0. The van der Waals surface area contributed by atoms with E-state index in [1.807, 2.05) is 76.2 Å². The van der Waals surface area contributed by atoms with Crippen molar-refractivity contribution in [2.24, 2.45) is 10.8 Å². The third-order valence-electron chi connectivity index (χ3n) is 5.32. The number of carbonyl (C=O) groups excluding carboxylic acids is 2. The van der Waals surface area contributed by atoms with E-state index in [1.165, 1.54) is 10.1 Å². The fourth-order valence-electron chi connectivity index (χ4n) is 3.19. The Morgan fingerprint density at radius 2 is 1.06 bits per heavy atom. The topological polar surface area (TPSA) is 59.1 Å². The van der Waals surface area contributed by atoms with Gasteiger partial charge in [-0.2, -0.15) is 0 Å². The van der Waals surface area contributed by atoms with Gasteiger partial charge in [0.25, 0.3) is 11.8 Å². The summed E-state index contributed by atoms with van der Waals surface area (Å²) in [6.07, 6.45) is 0. The van der Waals surface area contributed by atoms with Crippen LogP contribution >= 0.6 is 23.2 Å². The van der Waals surface area contributed by atoms with Crippen LogP contribution in [0.25, 0.3) is 0 Å². The largest absolute Gasteiger partial charge is 0.272 e. The number of hydrogen-bond donors (Lipinski definition) is 0. The van der Waals surface area contributed by atoms with Crippen molar-refractivity contribution in [2.45, 2.75) is 40.8 Å². The van der Waals surface area contributed by atoms with Gasteiger partial charge in [-0.1, -0.05) is 59.6 Å². The lowest BCUT2D eigenvalue weighted by Gasteiger charge is -2.16. The quantitative estimate of drug-likeness (QED) is 0.599. The molecule has 0 N–H and O–H groups in total. The number of halogens is 2. The highest BCUT2D eigenvalue weighted by Crippen LogP contribution is 2.30. The van der Waals surface area contributed by atoms with Crippen LogP contribution in [0.1, 0.15) is 38.8 Å². The number of hydrogen-bond acceptors (Lipinski definition) is 4. The summed E-state index contributed by atoms with van der Waals surface area (Å²) < 4.78 is 0. The molecule has 172 valence electrons. The number of carbonyl (C=O) groups is 2. The molecule has 0 radical (unpaired) electrons. The smallest absolute Gasteiger partial charge is 0.254 e. The molecule has 0 unspecified atom stereocenters. The lowest BCUT2D eigenvalue weighted by atomic mass is 9.95. The number of benzene rings is 2. The van der Waals surface area contributed by atoms with Gasteiger partial charge in [0.2, 0.25) is 0 Å². The molecule has 0 atom stereocenters. The van der Waals surface area contributed by atoms with Gasteiger partial charge < -0.3 is 0 Å². The molecule has 2 amide bonds. The number of hydroxylamine groups is 4. The highest BCUT2D eigenvalue weighted by molar-refractivity contribution is 6.31. The molecule has 2 aliphatic heterocycles. The molecule has 2 aromatic rings. The van der Waals surface area contributed by atoms with Crippen molar-refractivity contribution in [3.05, 3.63) is 69.7 Å². The van der Waals surface area contributed by atoms with Gasteiger partial charge in [-0.05, 0) is 51.0 Å². The Kier molecular flexibility index (Phi) is 7.50. The Labute approximate surface area is 198 Å². The Morgan fingerprint density at radius 3 is 1.34 bits per heavy atom. The zero-order chi connectivity index (χ0) is 23.5. The number of nitrogens with zero attached hydrogens (tertiary/aromatic N) is 2. The maximum atomic E-state index is 11.9. The van der Waals surface area contributed by atoms with E-state index in [-0.39, 0.29) is 11.8 Å². The third kappa shape index (κ3) is 5.62. The molecular weight excluding hydrogens is 451 g/mol. The SMILES string of the molecule is CC1(C)CON(Cc2ccccc2Cl)C1=O.CC1(C)CON(Cc2ccccc2Cl)C1=O. The van der Waals surface area contributed by atoms with Gasteiger partial charge in [0.05, 0.1) is 37.1 Å². The predicted molar refractivity (Wildman–Crippen MR) is 123 cm³/mol. The van der Waals surface area contributed by atoms with E-state index >= 15 is 0 Å². The van der Waals surface area contributed by atoms with Gasteiger partial charge in [-0.15, -0.1) is 0 Å². The van der Waals surface area contributed by atoms with Crippen molar-refractivity contribution in [1.29, 1.82) is 0 Å².